The van der Waals surface area contributed by atoms with E-state index in [9.17, 15) is 4.79 Å². The number of urea groups is 1. The summed E-state index contributed by atoms with van der Waals surface area (Å²) in [6.07, 6.45) is 2.41. The smallest absolute Gasteiger partial charge is 0.327 e. The van der Waals surface area contributed by atoms with Gasteiger partial charge >= 0.3 is 6.03 Å². The Morgan fingerprint density at radius 2 is 1.84 bits per heavy atom. The third-order valence-corrected chi connectivity index (χ3v) is 5.99. The number of para-hydroxylation sites is 1. The average Bonchev–Trinajstić information content (AvgIpc) is 3.38. The first-order chi connectivity index (χ1) is 15.1. The molecular weight excluding hydrogens is 392 g/mol. The number of aryl methyl sites for hydroxylation is 2. The van der Waals surface area contributed by atoms with E-state index in [1.54, 1.807) is 4.90 Å². The minimum atomic E-state index is -0.305. The molecule has 2 aliphatic heterocycles. The predicted molar refractivity (Wildman–Crippen MR) is 117 cm³/mol. The SMILES string of the molecule is Cc1cc(C)cc(NC(=O)N2c3ccccc3CC2c2noc(C3CCOCC3)n2)c1. The Morgan fingerprint density at radius 3 is 2.61 bits per heavy atom. The summed E-state index contributed by atoms with van der Waals surface area (Å²) in [6, 6.07) is 13.5. The lowest BCUT2D eigenvalue weighted by Crippen LogP contribution is -2.36. The van der Waals surface area contributed by atoms with Gasteiger partial charge in [-0.25, -0.2) is 4.79 Å². The van der Waals surface area contributed by atoms with Crippen molar-refractivity contribution in [1.29, 1.82) is 0 Å². The summed E-state index contributed by atoms with van der Waals surface area (Å²) < 4.78 is 11.1. The highest BCUT2D eigenvalue weighted by Gasteiger charge is 2.38. The summed E-state index contributed by atoms with van der Waals surface area (Å²) in [6.45, 7) is 5.46. The lowest BCUT2D eigenvalue weighted by Gasteiger charge is -2.24. The molecule has 0 saturated carbocycles. The molecule has 0 aliphatic carbocycles. The molecule has 3 heterocycles. The normalized spacial score (nSPS) is 18.8. The molecule has 1 N–H and O–H groups in total. The predicted octanol–water partition coefficient (Wildman–Crippen LogP) is 4.92. The van der Waals surface area contributed by atoms with E-state index in [1.807, 2.05) is 50.2 Å². The number of aromatic nitrogens is 2. The van der Waals surface area contributed by atoms with Crippen molar-refractivity contribution in [2.45, 2.75) is 45.1 Å². The fourth-order valence-corrected chi connectivity index (χ4v) is 4.57. The maximum Gasteiger partial charge on any atom is 0.327 e. The Balaban J connectivity index is 1.44. The zero-order chi connectivity index (χ0) is 21.4. The zero-order valence-electron chi connectivity index (χ0n) is 17.8. The number of carbonyl (C=O) groups excluding carboxylic acids is 1. The number of rotatable bonds is 3. The van der Waals surface area contributed by atoms with E-state index >= 15 is 0 Å². The van der Waals surface area contributed by atoms with Crippen LogP contribution in [0.15, 0.2) is 47.0 Å². The second-order valence-corrected chi connectivity index (χ2v) is 8.40. The van der Waals surface area contributed by atoms with Gasteiger partial charge in [0.25, 0.3) is 0 Å². The largest absolute Gasteiger partial charge is 0.381 e. The number of ether oxygens (including phenoxy) is 1. The molecular formula is C24H26N4O3. The Hall–Kier alpha value is -3.19. The van der Waals surface area contributed by atoms with Gasteiger partial charge in [-0.15, -0.1) is 0 Å². The molecule has 0 spiro atoms. The first kappa shape index (κ1) is 19.8. The molecule has 1 aromatic heterocycles. The number of carbonyl (C=O) groups is 1. The van der Waals surface area contributed by atoms with Gasteiger partial charge in [-0.3, -0.25) is 4.90 Å². The van der Waals surface area contributed by atoms with Crippen LogP contribution in [0.4, 0.5) is 16.2 Å². The van der Waals surface area contributed by atoms with Gasteiger partial charge in [-0.2, -0.15) is 4.98 Å². The van der Waals surface area contributed by atoms with Crippen molar-refractivity contribution in [3.8, 4) is 0 Å². The molecule has 1 fully saturated rings. The highest BCUT2D eigenvalue weighted by Crippen LogP contribution is 2.40. The van der Waals surface area contributed by atoms with E-state index in [0.29, 0.717) is 31.3 Å². The number of fused-ring (bicyclic) bond motifs is 1. The maximum atomic E-state index is 13.4. The zero-order valence-corrected chi connectivity index (χ0v) is 17.8. The minimum Gasteiger partial charge on any atom is -0.381 e. The van der Waals surface area contributed by atoms with Gasteiger partial charge in [0.1, 0.15) is 6.04 Å². The van der Waals surface area contributed by atoms with E-state index in [1.165, 1.54) is 0 Å². The van der Waals surface area contributed by atoms with Crippen LogP contribution in [-0.2, 0) is 11.2 Å². The third-order valence-electron chi connectivity index (χ3n) is 5.99. The summed E-state index contributed by atoms with van der Waals surface area (Å²) in [4.78, 5) is 19.9. The lowest BCUT2D eigenvalue weighted by atomic mass is 10.0. The molecule has 1 unspecified atom stereocenters. The number of hydrogen-bond acceptors (Lipinski definition) is 5. The lowest BCUT2D eigenvalue weighted by molar-refractivity contribution is 0.0778. The number of hydrogen-bond donors (Lipinski definition) is 1. The molecule has 1 atom stereocenters. The summed E-state index contributed by atoms with van der Waals surface area (Å²) in [7, 11) is 0. The van der Waals surface area contributed by atoms with Gasteiger partial charge in [0.05, 0.1) is 0 Å². The van der Waals surface area contributed by atoms with Crippen LogP contribution in [0.5, 0.6) is 0 Å². The molecule has 31 heavy (non-hydrogen) atoms. The van der Waals surface area contributed by atoms with Crippen molar-refractivity contribution in [2.24, 2.45) is 0 Å². The van der Waals surface area contributed by atoms with E-state index in [4.69, 9.17) is 14.2 Å². The molecule has 5 rings (SSSR count). The Bertz CT molecular complexity index is 1080. The van der Waals surface area contributed by atoms with Gasteiger partial charge in [0.15, 0.2) is 5.82 Å². The van der Waals surface area contributed by atoms with Crippen molar-refractivity contribution in [3.63, 3.8) is 0 Å². The quantitative estimate of drug-likeness (QED) is 0.653. The Morgan fingerprint density at radius 1 is 1.10 bits per heavy atom. The first-order valence-electron chi connectivity index (χ1n) is 10.8. The number of benzene rings is 2. The average molecular weight is 418 g/mol. The van der Waals surface area contributed by atoms with Crippen LogP contribution in [0.1, 0.15) is 53.2 Å². The summed E-state index contributed by atoms with van der Waals surface area (Å²) in [5, 5.41) is 7.34. The van der Waals surface area contributed by atoms with Crippen molar-refractivity contribution in [2.75, 3.05) is 23.4 Å². The van der Waals surface area contributed by atoms with Gasteiger partial charge in [-0.05, 0) is 61.6 Å². The summed E-state index contributed by atoms with van der Waals surface area (Å²) in [5.74, 6) is 1.41. The van der Waals surface area contributed by atoms with Crippen molar-refractivity contribution < 1.29 is 14.1 Å². The van der Waals surface area contributed by atoms with E-state index in [2.05, 4.69) is 16.5 Å². The molecule has 1 saturated heterocycles. The molecule has 2 amide bonds. The summed E-state index contributed by atoms with van der Waals surface area (Å²) in [5.41, 5.74) is 4.97. The van der Waals surface area contributed by atoms with Crippen LogP contribution in [0, 0.1) is 13.8 Å². The number of nitrogens with zero attached hydrogens (tertiary/aromatic N) is 3. The Labute approximate surface area is 181 Å². The fraction of sp³-hybridized carbons (Fsp3) is 0.375. The van der Waals surface area contributed by atoms with Crippen molar-refractivity contribution in [3.05, 3.63) is 70.9 Å². The standard InChI is InChI=1S/C24H26N4O3/c1-15-11-16(2)13-19(12-15)25-24(29)28-20-6-4-3-5-18(20)14-21(28)22-26-23(31-27-22)17-7-9-30-10-8-17/h3-6,11-13,17,21H,7-10,14H2,1-2H3,(H,25,29). The highest BCUT2D eigenvalue weighted by molar-refractivity contribution is 6.03. The molecule has 2 aromatic carbocycles. The molecule has 0 radical (unpaired) electrons. The first-order valence-corrected chi connectivity index (χ1v) is 10.8. The highest BCUT2D eigenvalue weighted by atomic mass is 16.5. The number of anilines is 2. The van der Waals surface area contributed by atoms with E-state index in [-0.39, 0.29) is 18.0 Å². The van der Waals surface area contributed by atoms with Crippen LogP contribution in [0.3, 0.4) is 0 Å². The van der Waals surface area contributed by atoms with E-state index < -0.39 is 0 Å². The van der Waals surface area contributed by atoms with Gasteiger partial charge < -0.3 is 14.6 Å². The minimum absolute atomic E-state index is 0.197. The van der Waals surface area contributed by atoms with Gasteiger partial charge in [0.2, 0.25) is 5.89 Å². The summed E-state index contributed by atoms with van der Waals surface area (Å²) >= 11 is 0. The molecule has 0 bridgehead atoms. The van der Waals surface area contributed by atoms with Crippen LogP contribution in [0.25, 0.3) is 0 Å². The Kier molecular flexibility index (Phi) is 5.19. The molecule has 7 nitrogen and oxygen atoms in total. The van der Waals surface area contributed by atoms with Crippen LogP contribution >= 0.6 is 0 Å². The molecule has 160 valence electrons. The monoisotopic (exact) mass is 418 g/mol. The number of nitrogens with one attached hydrogen (secondary N) is 1. The second kappa shape index (κ2) is 8.15. The molecule has 3 aromatic rings. The van der Waals surface area contributed by atoms with Gasteiger partial charge in [0, 0.05) is 36.9 Å². The van der Waals surface area contributed by atoms with E-state index in [0.717, 1.165) is 40.9 Å². The van der Waals surface area contributed by atoms with Crippen LogP contribution in [0.2, 0.25) is 0 Å². The van der Waals surface area contributed by atoms with Crippen molar-refractivity contribution in [1.82, 2.24) is 10.1 Å². The van der Waals surface area contributed by atoms with Gasteiger partial charge in [-0.1, -0.05) is 29.4 Å². The number of amides is 2. The topological polar surface area (TPSA) is 80.5 Å². The maximum absolute atomic E-state index is 13.4. The molecule has 7 heteroatoms. The fourth-order valence-electron chi connectivity index (χ4n) is 4.57. The van der Waals surface area contributed by atoms with Crippen molar-refractivity contribution >= 4 is 17.4 Å². The third kappa shape index (κ3) is 3.93. The second-order valence-electron chi connectivity index (χ2n) is 8.40. The van der Waals surface area contributed by atoms with Crippen LogP contribution in [-0.4, -0.2) is 29.4 Å². The molecule has 2 aliphatic rings. The van der Waals surface area contributed by atoms with Crippen LogP contribution < -0.4 is 10.2 Å².